The summed E-state index contributed by atoms with van der Waals surface area (Å²) in [6, 6.07) is 9.39. The Bertz CT molecular complexity index is 966. The Balaban J connectivity index is 2.20. The fourth-order valence-electron chi connectivity index (χ4n) is 2.15. The van der Waals surface area contributed by atoms with Crippen LogP contribution >= 0.6 is 0 Å². The van der Waals surface area contributed by atoms with Crippen molar-refractivity contribution in [2.24, 2.45) is 0 Å². The second-order valence-corrected chi connectivity index (χ2v) is 5.18. The van der Waals surface area contributed by atoms with Crippen molar-refractivity contribution < 1.29 is 33.4 Å². The molecule has 138 valence electrons. The predicted molar refractivity (Wildman–Crippen MR) is 92.8 cm³/mol. The van der Waals surface area contributed by atoms with Gasteiger partial charge >= 0.3 is 17.9 Å². The number of nitrogen functional groups attached to an aromatic ring is 2. The number of carbonyl (C=O) groups excluding carboxylic acids is 5. The average molecular weight is 370 g/mol. The van der Waals surface area contributed by atoms with Crippen LogP contribution in [0.2, 0.25) is 0 Å². The normalized spacial score (nSPS) is 9.96. The van der Waals surface area contributed by atoms with Crippen LogP contribution in [0, 0.1) is 0 Å². The molecule has 9 nitrogen and oxygen atoms in total. The summed E-state index contributed by atoms with van der Waals surface area (Å²) in [4.78, 5) is 59.6. The van der Waals surface area contributed by atoms with Crippen LogP contribution in [0.5, 0.6) is 0 Å². The number of ether oxygens (including phenoxy) is 2. The topological polar surface area (TPSA) is 156 Å². The van der Waals surface area contributed by atoms with Gasteiger partial charge in [0.15, 0.2) is 0 Å². The van der Waals surface area contributed by atoms with E-state index in [2.05, 4.69) is 9.47 Å². The fraction of sp³-hybridized carbons (Fsp3) is 0.0556. The van der Waals surface area contributed by atoms with E-state index in [1.807, 2.05) is 0 Å². The smallest absolute Gasteiger partial charge is 0.387 e. The molecular formula is C18H14N2O7. The maximum atomic E-state index is 12.2. The number of hydrogen-bond acceptors (Lipinski definition) is 9. The van der Waals surface area contributed by atoms with Crippen LogP contribution in [0.15, 0.2) is 42.5 Å². The minimum Gasteiger partial charge on any atom is -0.465 e. The molecule has 27 heavy (non-hydrogen) atoms. The zero-order chi connectivity index (χ0) is 20.1. The number of methoxy groups -OCH3 is 1. The van der Waals surface area contributed by atoms with Gasteiger partial charge in [0, 0.05) is 5.69 Å². The summed E-state index contributed by atoms with van der Waals surface area (Å²) in [6.07, 6.45) is 0. The Kier molecular flexibility index (Phi) is 5.66. The first-order valence-corrected chi connectivity index (χ1v) is 7.44. The summed E-state index contributed by atoms with van der Waals surface area (Å²) in [5.74, 6) is -6.52. The van der Waals surface area contributed by atoms with E-state index < -0.39 is 29.5 Å². The quantitative estimate of drug-likeness (QED) is 0.255. The minimum absolute atomic E-state index is 0.00764. The standard InChI is InChI=1S/C18H14N2O7/c1-26-16(23)11-7-4-6-10(13(11)20)15(22)18(25)27-17(24)14(21)9-5-2-3-8-12(9)19/h2-8H,19-20H2,1H3. The van der Waals surface area contributed by atoms with Crippen molar-refractivity contribution in [3.63, 3.8) is 0 Å². The van der Waals surface area contributed by atoms with Gasteiger partial charge in [0.25, 0.3) is 11.6 Å². The molecule has 0 saturated heterocycles. The third-order valence-electron chi connectivity index (χ3n) is 3.52. The van der Waals surface area contributed by atoms with Gasteiger partial charge in [0.2, 0.25) is 0 Å². The highest BCUT2D eigenvalue weighted by molar-refractivity contribution is 6.49. The third kappa shape index (κ3) is 3.98. The van der Waals surface area contributed by atoms with E-state index in [0.717, 1.165) is 13.2 Å². The van der Waals surface area contributed by atoms with Crippen LogP contribution in [0.4, 0.5) is 11.4 Å². The third-order valence-corrected chi connectivity index (χ3v) is 3.52. The van der Waals surface area contributed by atoms with Crippen LogP contribution in [0.25, 0.3) is 0 Å². The van der Waals surface area contributed by atoms with E-state index in [-0.39, 0.29) is 28.1 Å². The van der Waals surface area contributed by atoms with Crippen molar-refractivity contribution in [2.45, 2.75) is 0 Å². The van der Waals surface area contributed by atoms with Crippen molar-refractivity contribution in [1.29, 1.82) is 0 Å². The maximum absolute atomic E-state index is 12.2. The van der Waals surface area contributed by atoms with Gasteiger partial charge in [0.05, 0.1) is 29.5 Å². The molecule has 9 heteroatoms. The van der Waals surface area contributed by atoms with Crippen LogP contribution in [0.1, 0.15) is 31.1 Å². The predicted octanol–water partition coefficient (Wildman–Crippen LogP) is 0.773. The van der Waals surface area contributed by atoms with Crippen LogP contribution < -0.4 is 11.5 Å². The van der Waals surface area contributed by atoms with Gasteiger partial charge in [-0.2, -0.15) is 0 Å². The molecule has 0 heterocycles. The van der Waals surface area contributed by atoms with Gasteiger partial charge < -0.3 is 20.9 Å². The number of esters is 3. The Hall–Kier alpha value is -4.01. The molecule has 0 aliphatic carbocycles. The van der Waals surface area contributed by atoms with Crippen LogP contribution in [-0.2, 0) is 19.1 Å². The first-order chi connectivity index (χ1) is 12.8. The van der Waals surface area contributed by atoms with Crippen molar-refractivity contribution in [3.8, 4) is 0 Å². The molecular weight excluding hydrogens is 356 g/mol. The Morgan fingerprint density at radius 1 is 0.741 bits per heavy atom. The van der Waals surface area contributed by atoms with Gasteiger partial charge in [-0.05, 0) is 24.3 Å². The molecule has 2 aromatic carbocycles. The number of benzene rings is 2. The van der Waals surface area contributed by atoms with Gasteiger partial charge in [0.1, 0.15) is 0 Å². The largest absolute Gasteiger partial charge is 0.465 e. The molecule has 0 amide bonds. The summed E-state index contributed by atoms with van der Waals surface area (Å²) in [5.41, 5.74) is 10.3. The molecule has 0 radical (unpaired) electrons. The number of Topliss-reactive ketones (excluding diaryl/α,β-unsaturated/α-hetero) is 2. The zero-order valence-corrected chi connectivity index (χ0v) is 14.1. The molecule has 0 unspecified atom stereocenters. The highest BCUT2D eigenvalue weighted by atomic mass is 16.6. The monoisotopic (exact) mass is 370 g/mol. The number of ketones is 2. The fourth-order valence-corrected chi connectivity index (χ4v) is 2.15. The molecule has 0 spiro atoms. The van der Waals surface area contributed by atoms with Crippen molar-refractivity contribution >= 4 is 40.8 Å². The number of para-hydroxylation sites is 2. The Morgan fingerprint density at radius 2 is 1.26 bits per heavy atom. The van der Waals surface area contributed by atoms with Gasteiger partial charge in [-0.15, -0.1) is 0 Å². The molecule has 4 N–H and O–H groups in total. The van der Waals surface area contributed by atoms with E-state index >= 15 is 0 Å². The first-order valence-electron chi connectivity index (χ1n) is 7.44. The first kappa shape index (κ1) is 19.3. The number of rotatable bonds is 5. The second-order valence-electron chi connectivity index (χ2n) is 5.18. The van der Waals surface area contributed by atoms with Crippen molar-refractivity contribution in [3.05, 3.63) is 59.2 Å². The van der Waals surface area contributed by atoms with Crippen molar-refractivity contribution in [1.82, 2.24) is 0 Å². The molecule has 2 aromatic rings. The molecule has 0 bridgehead atoms. The van der Waals surface area contributed by atoms with Gasteiger partial charge in [-0.3, -0.25) is 9.59 Å². The van der Waals surface area contributed by atoms with Crippen molar-refractivity contribution in [2.75, 3.05) is 18.6 Å². The maximum Gasteiger partial charge on any atom is 0.387 e. The van der Waals surface area contributed by atoms with E-state index in [1.165, 1.54) is 30.3 Å². The number of carbonyl (C=O) groups is 5. The Labute approximate surface area is 152 Å². The van der Waals surface area contributed by atoms with Gasteiger partial charge in [-0.1, -0.05) is 18.2 Å². The molecule has 0 atom stereocenters. The van der Waals surface area contributed by atoms with E-state index in [1.54, 1.807) is 6.07 Å². The lowest BCUT2D eigenvalue weighted by Crippen LogP contribution is -2.27. The average Bonchev–Trinajstić information content (AvgIpc) is 2.66. The highest BCUT2D eigenvalue weighted by Crippen LogP contribution is 2.20. The number of nitrogens with two attached hydrogens (primary N) is 2. The molecule has 0 saturated carbocycles. The van der Waals surface area contributed by atoms with Gasteiger partial charge in [-0.25, -0.2) is 14.4 Å². The summed E-state index contributed by atoms with van der Waals surface area (Å²) in [6.45, 7) is 0. The molecule has 0 aliphatic heterocycles. The van der Waals surface area contributed by atoms with E-state index in [9.17, 15) is 24.0 Å². The summed E-state index contributed by atoms with van der Waals surface area (Å²) < 4.78 is 8.83. The summed E-state index contributed by atoms with van der Waals surface area (Å²) >= 11 is 0. The lowest BCUT2D eigenvalue weighted by molar-refractivity contribution is -0.152. The zero-order valence-electron chi connectivity index (χ0n) is 14.1. The summed E-state index contributed by atoms with van der Waals surface area (Å²) in [5, 5.41) is 0. The molecule has 0 fully saturated rings. The van der Waals surface area contributed by atoms with E-state index in [0.29, 0.717) is 0 Å². The SMILES string of the molecule is COC(=O)c1cccc(C(=O)C(=O)OC(=O)C(=O)c2ccccc2N)c1N. The summed E-state index contributed by atoms with van der Waals surface area (Å²) in [7, 11) is 1.12. The highest BCUT2D eigenvalue weighted by Gasteiger charge is 2.29. The Morgan fingerprint density at radius 3 is 1.85 bits per heavy atom. The molecule has 0 aliphatic rings. The minimum atomic E-state index is -1.63. The van der Waals surface area contributed by atoms with E-state index in [4.69, 9.17) is 11.5 Å². The number of hydrogen-bond donors (Lipinski definition) is 2. The lowest BCUT2D eigenvalue weighted by atomic mass is 10.0. The molecule has 0 aromatic heterocycles. The molecule has 2 rings (SSSR count). The lowest BCUT2D eigenvalue weighted by Gasteiger charge is -2.08. The number of anilines is 2. The van der Waals surface area contributed by atoms with Crippen LogP contribution in [0.3, 0.4) is 0 Å². The second kappa shape index (κ2) is 7.91. The van der Waals surface area contributed by atoms with Crippen LogP contribution in [-0.4, -0.2) is 36.6 Å².